The third kappa shape index (κ3) is 6.25. The minimum absolute atomic E-state index is 0.119. The van der Waals surface area contributed by atoms with Crippen molar-refractivity contribution in [1.29, 1.82) is 0 Å². The second-order valence-corrected chi connectivity index (χ2v) is 8.62. The van der Waals surface area contributed by atoms with Crippen LogP contribution in [0.25, 0.3) is 0 Å². The molecule has 0 bridgehead atoms. The summed E-state index contributed by atoms with van der Waals surface area (Å²) >= 11 is 1.27. The van der Waals surface area contributed by atoms with Crippen LogP contribution < -0.4 is 10.6 Å². The van der Waals surface area contributed by atoms with E-state index >= 15 is 0 Å². The van der Waals surface area contributed by atoms with E-state index in [1.807, 2.05) is 12.1 Å². The van der Waals surface area contributed by atoms with Crippen molar-refractivity contribution in [3.63, 3.8) is 0 Å². The van der Waals surface area contributed by atoms with Crippen LogP contribution >= 0.6 is 11.3 Å². The molecule has 1 fully saturated rings. The Morgan fingerprint density at radius 1 is 1.25 bits per heavy atom. The molecule has 0 aliphatic carbocycles. The van der Waals surface area contributed by atoms with Gasteiger partial charge in [0.25, 0.3) is 5.91 Å². The summed E-state index contributed by atoms with van der Waals surface area (Å²) in [5.74, 6) is -0.275. The predicted octanol–water partition coefficient (Wildman–Crippen LogP) is 3.07. The number of anilines is 1. The van der Waals surface area contributed by atoms with Gasteiger partial charge in [-0.15, -0.1) is 11.3 Å². The summed E-state index contributed by atoms with van der Waals surface area (Å²) in [4.78, 5) is 31.1. The number of hydrogen-bond acceptors (Lipinski definition) is 7. The molecular weight excluding hydrogens is 428 g/mol. The van der Waals surface area contributed by atoms with Gasteiger partial charge in [0.2, 0.25) is 5.91 Å². The van der Waals surface area contributed by atoms with Crippen molar-refractivity contribution < 1.29 is 18.7 Å². The summed E-state index contributed by atoms with van der Waals surface area (Å²) in [6, 6.07) is 11.5. The normalized spacial score (nSPS) is 16.6. The van der Waals surface area contributed by atoms with Gasteiger partial charge in [-0.25, -0.2) is 4.98 Å². The number of furan rings is 1. The van der Waals surface area contributed by atoms with Crippen LogP contribution in [0, 0.1) is 0 Å². The first-order valence-electron chi connectivity index (χ1n) is 10.5. The van der Waals surface area contributed by atoms with E-state index in [-0.39, 0.29) is 30.1 Å². The molecule has 0 saturated carbocycles. The molecule has 9 heteroatoms. The van der Waals surface area contributed by atoms with Gasteiger partial charge < -0.3 is 14.5 Å². The third-order valence-electron chi connectivity index (χ3n) is 5.07. The number of carbonyl (C=O) groups is 2. The average Bonchev–Trinajstić information content (AvgIpc) is 3.45. The molecule has 4 rings (SSSR count). The number of nitrogens with zero attached hydrogens (tertiary/aromatic N) is 2. The first kappa shape index (κ1) is 22.2. The van der Waals surface area contributed by atoms with Crippen LogP contribution in [0.4, 0.5) is 5.13 Å². The van der Waals surface area contributed by atoms with E-state index in [0.29, 0.717) is 17.4 Å². The van der Waals surface area contributed by atoms with Gasteiger partial charge in [-0.05, 0) is 30.2 Å². The standard InChI is InChI=1S/C23H26N4O4S/c1-16-13-27(7-9-30-16)14-18-5-2-4-17(10-18)12-24-21(28)11-19-15-32-23(25-19)26-22(29)20-6-3-8-31-20/h2-6,8,10,15-16H,7,9,11-14H2,1H3,(H,24,28)(H,25,26,29). The topological polar surface area (TPSA) is 96.7 Å². The van der Waals surface area contributed by atoms with Gasteiger partial charge >= 0.3 is 0 Å². The molecule has 0 radical (unpaired) electrons. The van der Waals surface area contributed by atoms with Crippen molar-refractivity contribution in [2.45, 2.75) is 32.5 Å². The Labute approximate surface area is 190 Å². The van der Waals surface area contributed by atoms with E-state index in [2.05, 4.69) is 39.6 Å². The maximum absolute atomic E-state index is 12.4. The number of thiazole rings is 1. The lowest BCUT2D eigenvalue weighted by Crippen LogP contribution is -2.40. The van der Waals surface area contributed by atoms with E-state index in [0.717, 1.165) is 31.8 Å². The maximum atomic E-state index is 12.4. The Balaban J connectivity index is 1.24. The number of rotatable bonds is 8. The molecule has 1 aliphatic rings. The summed E-state index contributed by atoms with van der Waals surface area (Å²) in [6.45, 7) is 6.05. The molecule has 8 nitrogen and oxygen atoms in total. The van der Waals surface area contributed by atoms with Crippen LogP contribution in [0.15, 0.2) is 52.5 Å². The lowest BCUT2D eigenvalue weighted by atomic mass is 10.1. The third-order valence-corrected chi connectivity index (χ3v) is 5.88. The maximum Gasteiger partial charge on any atom is 0.293 e. The molecule has 1 unspecified atom stereocenters. The van der Waals surface area contributed by atoms with Crippen molar-refractivity contribution in [1.82, 2.24) is 15.2 Å². The zero-order chi connectivity index (χ0) is 22.3. The molecule has 168 valence electrons. The molecule has 3 heterocycles. The van der Waals surface area contributed by atoms with Crippen LogP contribution in [-0.4, -0.2) is 47.5 Å². The fourth-order valence-corrected chi connectivity index (χ4v) is 4.28. The van der Waals surface area contributed by atoms with E-state index < -0.39 is 0 Å². The first-order valence-corrected chi connectivity index (χ1v) is 11.4. The molecule has 1 aromatic carbocycles. The SMILES string of the molecule is CC1CN(Cc2cccc(CNC(=O)Cc3csc(NC(=O)c4ccco4)n3)c2)CCO1. The molecule has 2 aromatic heterocycles. The molecular formula is C23H26N4O4S. The van der Waals surface area contributed by atoms with E-state index in [4.69, 9.17) is 9.15 Å². The van der Waals surface area contributed by atoms with E-state index in [9.17, 15) is 9.59 Å². The Morgan fingerprint density at radius 2 is 2.12 bits per heavy atom. The average molecular weight is 455 g/mol. The molecule has 1 aliphatic heterocycles. The predicted molar refractivity (Wildman–Crippen MR) is 121 cm³/mol. The summed E-state index contributed by atoms with van der Waals surface area (Å²) in [5, 5.41) is 7.81. The second kappa shape index (κ2) is 10.5. The van der Waals surface area contributed by atoms with Gasteiger partial charge in [-0.3, -0.25) is 19.8 Å². The van der Waals surface area contributed by atoms with E-state index in [1.54, 1.807) is 17.5 Å². The number of morpholine rings is 1. The van der Waals surface area contributed by atoms with Crippen LogP contribution in [0.1, 0.15) is 34.3 Å². The second-order valence-electron chi connectivity index (χ2n) is 7.77. The highest BCUT2D eigenvalue weighted by Crippen LogP contribution is 2.17. The van der Waals surface area contributed by atoms with Crippen molar-refractivity contribution in [2.24, 2.45) is 0 Å². The lowest BCUT2D eigenvalue weighted by Gasteiger charge is -2.31. The summed E-state index contributed by atoms with van der Waals surface area (Å²) in [7, 11) is 0. The summed E-state index contributed by atoms with van der Waals surface area (Å²) in [6.07, 6.45) is 1.85. The highest BCUT2D eigenvalue weighted by Gasteiger charge is 2.17. The zero-order valence-electron chi connectivity index (χ0n) is 17.9. The van der Waals surface area contributed by atoms with Gasteiger partial charge in [0.1, 0.15) is 0 Å². The molecule has 0 spiro atoms. The number of benzene rings is 1. The van der Waals surface area contributed by atoms with Crippen molar-refractivity contribution in [3.8, 4) is 0 Å². The van der Waals surface area contributed by atoms with Gasteiger partial charge in [0, 0.05) is 31.6 Å². The fraction of sp³-hybridized carbons (Fsp3) is 0.348. The first-order chi connectivity index (χ1) is 15.5. The van der Waals surface area contributed by atoms with Gasteiger partial charge in [-0.1, -0.05) is 24.3 Å². The number of aromatic nitrogens is 1. The van der Waals surface area contributed by atoms with Crippen molar-refractivity contribution in [3.05, 3.63) is 70.6 Å². The molecule has 3 aromatic rings. The number of nitrogens with one attached hydrogen (secondary N) is 2. The molecule has 1 atom stereocenters. The molecule has 2 N–H and O–H groups in total. The Kier molecular flexibility index (Phi) is 7.31. The summed E-state index contributed by atoms with van der Waals surface area (Å²) < 4.78 is 10.7. The van der Waals surface area contributed by atoms with Crippen LogP contribution in [-0.2, 0) is 29.0 Å². The van der Waals surface area contributed by atoms with Gasteiger partial charge in [0.15, 0.2) is 10.9 Å². The highest BCUT2D eigenvalue weighted by molar-refractivity contribution is 7.14. The Bertz CT molecular complexity index is 1050. The zero-order valence-corrected chi connectivity index (χ0v) is 18.7. The molecule has 2 amide bonds. The monoisotopic (exact) mass is 454 g/mol. The Hall–Kier alpha value is -3.01. The smallest absolute Gasteiger partial charge is 0.293 e. The molecule has 1 saturated heterocycles. The summed E-state index contributed by atoms with van der Waals surface area (Å²) in [5.41, 5.74) is 2.89. The lowest BCUT2D eigenvalue weighted by molar-refractivity contribution is -0.120. The Morgan fingerprint density at radius 3 is 2.94 bits per heavy atom. The van der Waals surface area contributed by atoms with Gasteiger partial charge in [0.05, 0.1) is 31.1 Å². The molecule has 32 heavy (non-hydrogen) atoms. The number of ether oxygens (including phenoxy) is 1. The minimum atomic E-state index is -0.369. The van der Waals surface area contributed by atoms with Gasteiger partial charge in [-0.2, -0.15) is 0 Å². The highest BCUT2D eigenvalue weighted by atomic mass is 32.1. The quantitative estimate of drug-likeness (QED) is 0.543. The number of hydrogen-bond donors (Lipinski definition) is 2. The van der Waals surface area contributed by atoms with Crippen LogP contribution in [0.5, 0.6) is 0 Å². The van der Waals surface area contributed by atoms with Crippen molar-refractivity contribution >= 4 is 28.3 Å². The minimum Gasteiger partial charge on any atom is -0.459 e. The number of amides is 2. The van der Waals surface area contributed by atoms with Crippen molar-refractivity contribution in [2.75, 3.05) is 25.0 Å². The van der Waals surface area contributed by atoms with E-state index in [1.165, 1.54) is 23.2 Å². The van der Waals surface area contributed by atoms with Crippen LogP contribution in [0.3, 0.4) is 0 Å². The van der Waals surface area contributed by atoms with Crippen LogP contribution in [0.2, 0.25) is 0 Å². The number of carbonyl (C=O) groups excluding carboxylic acids is 2. The fourth-order valence-electron chi connectivity index (χ4n) is 3.57. The largest absolute Gasteiger partial charge is 0.459 e.